The lowest BCUT2D eigenvalue weighted by atomic mass is 10.4. The minimum absolute atomic E-state index is 0. The van der Waals surface area contributed by atoms with Gasteiger partial charge in [0.2, 0.25) is 16.1 Å². The zero-order valence-corrected chi connectivity index (χ0v) is 9.94. The largest absolute Gasteiger partial charge is 0.331 e. The first-order valence-corrected chi connectivity index (χ1v) is 6.59. The second-order valence-corrected chi connectivity index (χ2v) is 5.68. The molecule has 0 saturated heterocycles. The van der Waals surface area contributed by atoms with E-state index in [1.807, 2.05) is 0 Å². The summed E-state index contributed by atoms with van der Waals surface area (Å²) in [5, 5.41) is 1.24. The third kappa shape index (κ3) is 4.25. The van der Waals surface area contributed by atoms with Gasteiger partial charge in [0, 0.05) is 24.8 Å². The lowest BCUT2D eigenvalue weighted by Gasteiger charge is -2.02. The smallest absolute Gasteiger partial charge is 0.220 e. The van der Waals surface area contributed by atoms with Crippen molar-refractivity contribution in [1.29, 1.82) is 0 Å². The third-order valence-electron chi connectivity index (χ3n) is 1.73. The van der Waals surface area contributed by atoms with Crippen LogP contribution in [0.2, 0.25) is 0 Å². The van der Waals surface area contributed by atoms with E-state index in [9.17, 15) is 9.13 Å². The summed E-state index contributed by atoms with van der Waals surface area (Å²) in [5.74, 6) is 0. The molecule has 0 aromatic heterocycles. The quantitative estimate of drug-likeness (QED) is 0.567. The SMILES string of the molecule is CO[PH](=O)c1ccc([PH](=O)OC)cc1.[AlH3]. The van der Waals surface area contributed by atoms with Crippen LogP contribution in [0.1, 0.15) is 0 Å². The molecular formula is C8H15AlO4P2. The number of rotatable bonds is 4. The monoisotopic (exact) mass is 264 g/mol. The first-order chi connectivity index (χ1) is 6.69. The molecule has 7 heteroatoms. The minimum atomic E-state index is -2.14. The predicted molar refractivity (Wildman–Crippen MR) is 67.7 cm³/mol. The summed E-state index contributed by atoms with van der Waals surface area (Å²) in [6.07, 6.45) is 0. The van der Waals surface area contributed by atoms with E-state index in [-0.39, 0.29) is 17.4 Å². The molecule has 2 atom stereocenters. The molecule has 1 aromatic rings. The maximum atomic E-state index is 11.2. The van der Waals surface area contributed by atoms with Gasteiger partial charge >= 0.3 is 0 Å². The van der Waals surface area contributed by atoms with Gasteiger partial charge in [-0.25, -0.2) is 0 Å². The Morgan fingerprint density at radius 1 is 0.867 bits per heavy atom. The Kier molecular flexibility index (Phi) is 7.48. The predicted octanol–water partition coefficient (Wildman–Crippen LogP) is -0.00450. The summed E-state index contributed by atoms with van der Waals surface area (Å²) in [6.45, 7) is 0. The molecule has 0 aliphatic heterocycles. The molecule has 0 saturated carbocycles. The van der Waals surface area contributed by atoms with E-state index in [1.54, 1.807) is 24.3 Å². The van der Waals surface area contributed by atoms with Crippen molar-refractivity contribution in [3.05, 3.63) is 24.3 Å². The minimum Gasteiger partial charge on any atom is -0.331 e. The number of benzene rings is 1. The van der Waals surface area contributed by atoms with Crippen molar-refractivity contribution in [3.8, 4) is 0 Å². The van der Waals surface area contributed by atoms with Gasteiger partial charge < -0.3 is 9.05 Å². The lowest BCUT2D eigenvalue weighted by molar-refractivity contribution is 0.422. The van der Waals surface area contributed by atoms with Gasteiger partial charge in [-0.05, 0) is 24.3 Å². The molecule has 0 bridgehead atoms. The Morgan fingerprint density at radius 2 is 1.13 bits per heavy atom. The van der Waals surface area contributed by atoms with Gasteiger partial charge in [0.1, 0.15) is 0 Å². The summed E-state index contributed by atoms with van der Waals surface area (Å²) >= 11 is 0. The molecule has 0 aliphatic carbocycles. The van der Waals surface area contributed by atoms with Crippen molar-refractivity contribution in [2.24, 2.45) is 0 Å². The summed E-state index contributed by atoms with van der Waals surface area (Å²) in [5.41, 5.74) is 0. The van der Waals surface area contributed by atoms with Crippen molar-refractivity contribution >= 4 is 44.0 Å². The van der Waals surface area contributed by atoms with Gasteiger partial charge in [-0.1, -0.05) is 0 Å². The van der Waals surface area contributed by atoms with Crippen LogP contribution in [0.25, 0.3) is 0 Å². The first-order valence-electron chi connectivity index (χ1n) is 3.95. The zero-order valence-electron chi connectivity index (χ0n) is 7.94. The molecule has 0 N–H and O–H groups in total. The topological polar surface area (TPSA) is 52.6 Å². The molecule has 1 aromatic carbocycles. The van der Waals surface area contributed by atoms with Gasteiger partial charge in [0.05, 0.1) is 0 Å². The summed E-state index contributed by atoms with van der Waals surface area (Å²) in [4.78, 5) is 0. The summed E-state index contributed by atoms with van der Waals surface area (Å²) < 4.78 is 31.9. The highest BCUT2D eigenvalue weighted by molar-refractivity contribution is 7.49. The number of hydrogen-bond acceptors (Lipinski definition) is 4. The van der Waals surface area contributed by atoms with Crippen LogP contribution < -0.4 is 10.6 Å². The van der Waals surface area contributed by atoms with Crippen molar-refractivity contribution in [3.63, 3.8) is 0 Å². The highest BCUT2D eigenvalue weighted by atomic mass is 31.1. The van der Waals surface area contributed by atoms with Crippen LogP contribution in [0, 0.1) is 0 Å². The summed E-state index contributed by atoms with van der Waals surface area (Å²) in [7, 11) is -1.48. The van der Waals surface area contributed by atoms with Gasteiger partial charge in [-0.15, -0.1) is 0 Å². The van der Waals surface area contributed by atoms with Crippen LogP contribution in [-0.2, 0) is 18.2 Å². The van der Waals surface area contributed by atoms with E-state index < -0.39 is 16.1 Å². The maximum Gasteiger partial charge on any atom is 0.220 e. The third-order valence-corrected chi connectivity index (χ3v) is 4.08. The second kappa shape index (κ2) is 7.41. The molecule has 84 valence electrons. The molecule has 0 radical (unpaired) electrons. The molecule has 0 amide bonds. The average Bonchev–Trinajstić information content (AvgIpc) is 2.27. The molecular weight excluding hydrogens is 249 g/mol. The zero-order chi connectivity index (χ0) is 10.6. The molecule has 0 spiro atoms. The molecule has 4 nitrogen and oxygen atoms in total. The van der Waals surface area contributed by atoms with E-state index in [4.69, 9.17) is 9.05 Å². The van der Waals surface area contributed by atoms with Crippen LogP contribution in [0.5, 0.6) is 0 Å². The highest BCUT2D eigenvalue weighted by Crippen LogP contribution is 2.22. The Labute approximate surface area is 101 Å². The average molecular weight is 264 g/mol. The second-order valence-electron chi connectivity index (χ2n) is 2.56. The van der Waals surface area contributed by atoms with Crippen LogP contribution in [0.15, 0.2) is 24.3 Å². The van der Waals surface area contributed by atoms with Crippen LogP contribution >= 0.6 is 16.1 Å². The maximum absolute atomic E-state index is 11.2. The molecule has 0 fully saturated rings. The molecule has 15 heavy (non-hydrogen) atoms. The van der Waals surface area contributed by atoms with E-state index in [1.165, 1.54) is 14.2 Å². The number of hydrogen-bond donors (Lipinski definition) is 0. The van der Waals surface area contributed by atoms with Crippen molar-refractivity contribution in [1.82, 2.24) is 0 Å². The molecule has 0 aliphatic rings. The van der Waals surface area contributed by atoms with E-state index in [0.29, 0.717) is 10.6 Å². The van der Waals surface area contributed by atoms with Crippen molar-refractivity contribution in [2.45, 2.75) is 0 Å². The Balaban J connectivity index is 0.00000196. The summed E-state index contributed by atoms with van der Waals surface area (Å²) in [6, 6.07) is 6.56. The fraction of sp³-hybridized carbons (Fsp3) is 0.250. The first kappa shape index (κ1) is 15.1. The van der Waals surface area contributed by atoms with E-state index in [0.717, 1.165) is 0 Å². The molecule has 2 unspecified atom stereocenters. The van der Waals surface area contributed by atoms with Gasteiger partial charge in [0.25, 0.3) is 0 Å². The standard InChI is InChI=1S/C8H12O4P2.Al.3H/c1-11-13(9)7-3-5-8(6-4-7)14(10)12-2;;;;/h3-6,13-14H,1-2H3;;;;. The van der Waals surface area contributed by atoms with Crippen molar-refractivity contribution in [2.75, 3.05) is 14.2 Å². The fourth-order valence-corrected chi connectivity index (χ4v) is 2.33. The Hall–Kier alpha value is 0.132. The lowest BCUT2D eigenvalue weighted by Crippen LogP contribution is -2.03. The van der Waals surface area contributed by atoms with Crippen LogP contribution in [0.4, 0.5) is 0 Å². The van der Waals surface area contributed by atoms with Gasteiger partial charge in [-0.2, -0.15) is 0 Å². The van der Waals surface area contributed by atoms with Crippen LogP contribution in [0.3, 0.4) is 0 Å². The van der Waals surface area contributed by atoms with Crippen molar-refractivity contribution < 1.29 is 18.2 Å². The normalized spacial score (nSPS) is 14.0. The van der Waals surface area contributed by atoms with E-state index >= 15 is 0 Å². The van der Waals surface area contributed by atoms with Crippen LogP contribution in [-0.4, -0.2) is 31.6 Å². The molecule has 0 heterocycles. The molecule has 1 rings (SSSR count). The highest BCUT2D eigenvalue weighted by Gasteiger charge is 2.04. The van der Waals surface area contributed by atoms with Gasteiger partial charge in [-0.3, -0.25) is 9.13 Å². The Bertz CT molecular complexity index is 317. The Morgan fingerprint density at radius 3 is 1.33 bits per heavy atom. The fourth-order valence-electron chi connectivity index (χ4n) is 0.978. The van der Waals surface area contributed by atoms with E-state index in [2.05, 4.69) is 0 Å². The van der Waals surface area contributed by atoms with Gasteiger partial charge in [0.15, 0.2) is 17.4 Å².